The molecule has 1 aliphatic heterocycles. The number of amides is 3. The second kappa shape index (κ2) is 7.24. The maximum atomic E-state index is 12.3. The summed E-state index contributed by atoms with van der Waals surface area (Å²) in [4.78, 5) is 25.9. The summed E-state index contributed by atoms with van der Waals surface area (Å²) in [7, 11) is -2.24. The van der Waals surface area contributed by atoms with Crippen LogP contribution in [0.25, 0.3) is 0 Å². The number of carbonyl (C=O) groups excluding carboxylic acids is 2. The summed E-state index contributed by atoms with van der Waals surface area (Å²) in [5, 5.41) is 5.72. The highest BCUT2D eigenvalue weighted by molar-refractivity contribution is 7.89. The highest BCUT2D eigenvalue weighted by Gasteiger charge is 2.34. The van der Waals surface area contributed by atoms with Crippen LogP contribution >= 0.6 is 0 Å². The Kier molecular flexibility index (Phi) is 5.19. The van der Waals surface area contributed by atoms with E-state index in [0.29, 0.717) is 18.8 Å². The normalized spacial score (nSPS) is 18.0. The van der Waals surface area contributed by atoms with Crippen molar-refractivity contribution in [1.82, 2.24) is 14.9 Å². The monoisotopic (exact) mass is 380 g/mol. The molecule has 1 aromatic rings. The van der Waals surface area contributed by atoms with E-state index in [9.17, 15) is 18.0 Å². The van der Waals surface area contributed by atoms with E-state index >= 15 is 0 Å². The van der Waals surface area contributed by atoms with Crippen molar-refractivity contribution in [3.05, 3.63) is 23.8 Å². The molecule has 0 radical (unpaired) electrons. The number of nitrogens with one attached hydrogen (secondary N) is 3. The molecular weight excluding hydrogens is 356 g/mol. The summed E-state index contributed by atoms with van der Waals surface area (Å²) in [6.07, 6.45) is 3.01. The van der Waals surface area contributed by atoms with Crippen molar-refractivity contribution in [1.29, 1.82) is 0 Å². The molecule has 3 N–H and O–H groups in total. The van der Waals surface area contributed by atoms with Crippen LogP contribution in [0.3, 0.4) is 0 Å². The molecule has 2 fully saturated rings. The highest BCUT2D eigenvalue weighted by Crippen LogP contribution is 2.27. The maximum absolute atomic E-state index is 12.3. The molecule has 0 aromatic heterocycles. The van der Waals surface area contributed by atoms with Crippen molar-refractivity contribution in [3.8, 4) is 0 Å². The Bertz CT molecular complexity index is 814. The van der Waals surface area contributed by atoms with Crippen molar-refractivity contribution in [2.45, 2.75) is 37.1 Å². The van der Waals surface area contributed by atoms with Crippen molar-refractivity contribution in [3.63, 3.8) is 0 Å². The lowest BCUT2D eigenvalue weighted by Crippen LogP contribution is -2.62. The number of nitrogens with zero attached hydrogens (tertiary/aromatic N) is 1. The number of likely N-dealkylation sites (tertiary alicyclic amines) is 1. The number of urea groups is 1. The van der Waals surface area contributed by atoms with Gasteiger partial charge in [0.05, 0.1) is 10.9 Å². The summed E-state index contributed by atoms with van der Waals surface area (Å²) >= 11 is 0. The summed E-state index contributed by atoms with van der Waals surface area (Å²) in [6.45, 7) is 2.71. The molecule has 3 rings (SSSR count). The molecule has 142 valence electrons. The molecule has 1 aliphatic carbocycles. The van der Waals surface area contributed by atoms with Crippen LogP contribution in [-0.2, 0) is 14.8 Å². The third-order valence-electron chi connectivity index (χ3n) is 5.02. The number of anilines is 1. The molecule has 1 aromatic carbocycles. The smallest absolute Gasteiger partial charge is 0.321 e. The topological polar surface area (TPSA) is 108 Å². The Morgan fingerprint density at radius 3 is 2.46 bits per heavy atom. The van der Waals surface area contributed by atoms with Crippen molar-refractivity contribution in [2.24, 2.45) is 5.92 Å². The van der Waals surface area contributed by atoms with Gasteiger partial charge in [0.15, 0.2) is 0 Å². The lowest BCUT2D eigenvalue weighted by atomic mass is 9.84. The molecule has 0 spiro atoms. The minimum atomic E-state index is -3.57. The Labute approximate surface area is 153 Å². The number of carbonyl (C=O) groups is 2. The van der Waals surface area contributed by atoms with Crippen LogP contribution in [0.4, 0.5) is 10.5 Å². The average Bonchev–Trinajstić information content (AvgIpc) is 2.50. The van der Waals surface area contributed by atoms with E-state index in [1.54, 1.807) is 17.9 Å². The van der Waals surface area contributed by atoms with E-state index < -0.39 is 10.0 Å². The van der Waals surface area contributed by atoms with Gasteiger partial charge in [0.25, 0.3) is 0 Å². The number of hydrogen-bond acceptors (Lipinski definition) is 4. The van der Waals surface area contributed by atoms with Gasteiger partial charge in [-0.05, 0) is 44.5 Å². The second-order valence-electron chi connectivity index (χ2n) is 6.85. The zero-order valence-electron chi connectivity index (χ0n) is 14.9. The molecule has 9 heteroatoms. The predicted molar refractivity (Wildman–Crippen MR) is 97.3 cm³/mol. The number of benzene rings is 1. The lowest BCUT2D eigenvalue weighted by molar-refractivity contribution is -0.129. The first-order valence-corrected chi connectivity index (χ1v) is 10.2. The van der Waals surface area contributed by atoms with Gasteiger partial charge in [-0.25, -0.2) is 17.9 Å². The lowest BCUT2D eigenvalue weighted by Gasteiger charge is -2.40. The van der Waals surface area contributed by atoms with Gasteiger partial charge in [-0.3, -0.25) is 4.79 Å². The molecule has 1 saturated carbocycles. The molecule has 0 atom stereocenters. The van der Waals surface area contributed by atoms with E-state index in [1.165, 1.54) is 19.2 Å². The summed E-state index contributed by atoms with van der Waals surface area (Å²) < 4.78 is 26.1. The third-order valence-corrected chi connectivity index (χ3v) is 6.43. The van der Waals surface area contributed by atoms with Gasteiger partial charge < -0.3 is 15.5 Å². The highest BCUT2D eigenvalue weighted by atomic mass is 32.2. The molecule has 26 heavy (non-hydrogen) atoms. The number of aryl methyl sites for hydroxylation is 1. The zero-order chi connectivity index (χ0) is 18.9. The molecule has 0 bridgehead atoms. The molecule has 8 nitrogen and oxygen atoms in total. The molecule has 2 aliphatic rings. The average molecular weight is 380 g/mol. The van der Waals surface area contributed by atoms with Crippen LogP contribution in [0.5, 0.6) is 0 Å². The standard InChI is InChI=1S/C17H24N4O4S/c1-11-6-7-14(26(24,25)18-2)8-15(11)20-17(23)21-9-13(10-21)19-16(22)12-4-3-5-12/h6-8,12-13,18H,3-5,9-10H2,1-2H3,(H,19,22)(H,20,23). The third kappa shape index (κ3) is 3.83. The summed E-state index contributed by atoms with van der Waals surface area (Å²) in [6, 6.07) is 4.27. The van der Waals surface area contributed by atoms with Crippen LogP contribution in [0.1, 0.15) is 24.8 Å². The van der Waals surface area contributed by atoms with Crippen molar-refractivity contribution in [2.75, 3.05) is 25.5 Å². The van der Waals surface area contributed by atoms with Gasteiger partial charge in [-0.15, -0.1) is 0 Å². The first kappa shape index (κ1) is 18.7. The van der Waals surface area contributed by atoms with Crippen LogP contribution < -0.4 is 15.4 Å². The fraction of sp³-hybridized carbons (Fsp3) is 0.529. The summed E-state index contributed by atoms with van der Waals surface area (Å²) in [5.41, 5.74) is 1.22. The minimum Gasteiger partial charge on any atom is -0.350 e. The van der Waals surface area contributed by atoms with Gasteiger partial charge in [0.1, 0.15) is 0 Å². The fourth-order valence-electron chi connectivity index (χ4n) is 2.94. The second-order valence-corrected chi connectivity index (χ2v) is 8.74. The van der Waals surface area contributed by atoms with Gasteiger partial charge in [-0.1, -0.05) is 12.5 Å². The minimum absolute atomic E-state index is 0.00838. The van der Waals surface area contributed by atoms with E-state index in [1.807, 2.05) is 0 Å². The van der Waals surface area contributed by atoms with Gasteiger partial charge >= 0.3 is 6.03 Å². The molecule has 1 heterocycles. The Morgan fingerprint density at radius 2 is 1.88 bits per heavy atom. The molecular formula is C17H24N4O4S. The van der Waals surface area contributed by atoms with E-state index in [4.69, 9.17) is 0 Å². The maximum Gasteiger partial charge on any atom is 0.321 e. The van der Waals surface area contributed by atoms with Gasteiger partial charge in [0, 0.05) is 24.7 Å². The van der Waals surface area contributed by atoms with E-state index in [-0.39, 0.29) is 28.8 Å². The van der Waals surface area contributed by atoms with Gasteiger partial charge in [-0.2, -0.15) is 0 Å². The predicted octanol–water partition coefficient (Wildman–Crippen LogP) is 1.04. The fourth-order valence-corrected chi connectivity index (χ4v) is 3.70. The zero-order valence-corrected chi connectivity index (χ0v) is 15.7. The van der Waals surface area contributed by atoms with E-state index in [2.05, 4.69) is 15.4 Å². The van der Waals surface area contributed by atoms with Crippen LogP contribution in [0, 0.1) is 12.8 Å². The Morgan fingerprint density at radius 1 is 1.19 bits per heavy atom. The SMILES string of the molecule is CNS(=O)(=O)c1ccc(C)c(NC(=O)N2CC(NC(=O)C3CCC3)C2)c1. The first-order valence-electron chi connectivity index (χ1n) is 8.70. The Balaban J connectivity index is 1.56. The van der Waals surface area contributed by atoms with Crippen molar-refractivity contribution >= 4 is 27.6 Å². The number of hydrogen-bond donors (Lipinski definition) is 3. The van der Waals surface area contributed by atoms with Gasteiger partial charge in [0.2, 0.25) is 15.9 Å². The van der Waals surface area contributed by atoms with Crippen LogP contribution in [-0.4, -0.2) is 51.4 Å². The molecule has 1 saturated heterocycles. The van der Waals surface area contributed by atoms with Crippen molar-refractivity contribution < 1.29 is 18.0 Å². The number of rotatable bonds is 5. The Hall–Kier alpha value is -2.13. The largest absolute Gasteiger partial charge is 0.350 e. The van der Waals surface area contributed by atoms with E-state index in [0.717, 1.165) is 24.8 Å². The summed E-state index contributed by atoms with van der Waals surface area (Å²) in [5.74, 6) is 0.222. The number of sulfonamides is 1. The van der Waals surface area contributed by atoms with Crippen LogP contribution in [0.2, 0.25) is 0 Å². The van der Waals surface area contributed by atoms with Crippen LogP contribution in [0.15, 0.2) is 23.1 Å². The quantitative estimate of drug-likeness (QED) is 0.709. The molecule has 3 amide bonds. The molecule has 0 unspecified atom stereocenters. The first-order chi connectivity index (χ1) is 12.3.